The van der Waals surface area contributed by atoms with E-state index in [0.29, 0.717) is 0 Å². The van der Waals surface area contributed by atoms with Crippen molar-refractivity contribution < 1.29 is 0 Å². The average Bonchev–Trinajstić information content (AvgIpc) is 2.10. The molecular weight excluding hydrogens is 172 g/mol. The molecule has 2 nitrogen and oxygen atoms in total. The fourth-order valence-electron chi connectivity index (χ4n) is 2.20. The molecule has 0 aromatic rings. The van der Waals surface area contributed by atoms with Crippen molar-refractivity contribution in [1.82, 2.24) is 9.80 Å². The Kier molecular flexibility index (Phi) is 7.20. The lowest BCUT2D eigenvalue weighted by Gasteiger charge is -2.33. The third-order valence-electron chi connectivity index (χ3n) is 2.92. The van der Waals surface area contributed by atoms with Gasteiger partial charge in [-0.25, -0.2) is 0 Å². The van der Waals surface area contributed by atoms with Crippen LogP contribution in [0.15, 0.2) is 0 Å². The summed E-state index contributed by atoms with van der Waals surface area (Å²) >= 11 is 0. The Morgan fingerprint density at radius 1 is 1.00 bits per heavy atom. The van der Waals surface area contributed by atoms with Crippen LogP contribution in [0, 0.1) is 5.92 Å². The standard InChI is InChI=1S/C12H28N2/c1-7-9-12(14(5)6)11(8-2)10-13(3)4/h11-12H,7-10H2,1-6H3/t11-,12+/m1/s1. The molecular formula is C12H28N2. The van der Waals surface area contributed by atoms with Crippen molar-refractivity contribution in [3.8, 4) is 0 Å². The van der Waals surface area contributed by atoms with Crippen molar-refractivity contribution in [3.63, 3.8) is 0 Å². The third kappa shape index (κ3) is 4.97. The Bertz CT molecular complexity index is 132. The molecule has 2 atom stereocenters. The van der Waals surface area contributed by atoms with Gasteiger partial charge < -0.3 is 9.80 Å². The molecule has 0 rings (SSSR count). The molecule has 86 valence electrons. The van der Waals surface area contributed by atoms with Crippen molar-refractivity contribution in [2.24, 2.45) is 5.92 Å². The summed E-state index contributed by atoms with van der Waals surface area (Å²) in [4.78, 5) is 4.70. The zero-order valence-corrected chi connectivity index (χ0v) is 10.9. The van der Waals surface area contributed by atoms with Gasteiger partial charge in [-0.15, -0.1) is 0 Å². The van der Waals surface area contributed by atoms with Crippen LogP contribution in [0.2, 0.25) is 0 Å². The van der Waals surface area contributed by atoms with Crippen molar-refractivity contribution in [1.29, 1.82) is 0 Å². The fraction of sp³-hybridized carbons (Fsp3) is 1.00. The molecule has 0 spiro atoms. The van der Waals surface area contributed by atoms with Crippen molar-refractivity contribution in [2.75, 3.05) is 34.7 Å². The Hall–Kier alpha value is -0.0800. The van der Waals surface area contributed by atoms with E-state index >= 15 is 0 Å². The molecule has 0 saturated carbocycles. The van der Waals surface area contributed by atoms with E-state index in [2.05, 4.69) is 51.8 Å². The van der Waals surface area contributed by atoms with Crippen molar-refractivity contribution in [3.05, 3.63) is 0 Å². The second-order valence-corrected chi connectivity index (χ2v) is 4.75. The zero-order valence-electron chi connectivity index (χ0n) is 10.9. The number of nitrogens with zero attached hydrogens (tertiary/aromatic N) is 2. The molecule has 0 saturated heterocycles. The molecule has 0 aliphatic carbocycles. The Balaban J connectivity index is 4.25. The highest BCUT2D eigenvalue weighted by Gasteiger charge is 2.21. The van der Waals surface area contributed by atoms with Crippen LogP contribution in [-0.4, -0.2) is 50.6 Å². The fourth-order valence-corrected chi connectivity index (χ4v) is 2.20. The number of hydrogen-bond donors (Lipinski definition) is 0. The molecule has 14 heavy (non-hydrogen) atoms. The minimum Gasteiger partial charge on any atom is -0.309 e. The molecule has 0 amide bonds. The van der Waals surface area contributed by atoms with Crippen LogP contribution >= 0.6 is 0 Å². The summed E-state index contributed by atoms with van der Waals surface area (Å²) < 4.78 is 0. The van der Waals surface area contributed by atoms with E-state index in [0.717, 1.165) is 12.0 Å². The molecule has 0 aliphatic rings. The molecule has 0 bridgehead atoms. The van der Waals surface area contributed by atoms with E-state index in [9.17, 15) is 0 Å². The second kappa shape index (κ2) is 7.24. The molecule has 2 heteroatoms. The minimum atomic E-state index is 0.743. The van der Waals surface area contributed by atoms with Crippen LogP contribution < -0.4 is 0 Å². The smallest absolute Gasteiger partial charge is 0.0129 e. The van der Waals surface area contributed by atoms with Crippen LogP contribution in [-0.2, 0) is 0 Å². The first-order chi connectivity index (χ1) is 6.52. The maximum Gasteiger partial charge on any atom is 0.0129 e. The van der Waals surface area contributed by atoms with Gasteiger partial charge in [0.25, 0.3) is 0 Å². The lowest BCUT2D eigenvalue weighted by Crippen LogP contribution is -2.39. The largest absolute Gasteiger partial charge is 0.309 e. The average molecular weight is 200 g/mol. The van der Waals surface area contributed by atoms with Gasteiger partial charge in [-0.2, -0.15) is 0 Å². The van der Waals surface area contributed by atoms with Crippen molar-refractivity contribution in [2.45, 2.75) is 39.2 Å². The van der Waals surface area contributed by atoms with Gasteiger partial charge in [-0.3, -0.25) is 0 Å². The highest BCUT2D eigenvalue weighted by atomic mass is 15.1. The SMILES string of the molecule is CCC[C@@H]([C@H](CC)CN(C)C)N(C)C. The maximum atomic E-state index is 2.39. The highest BCUT2D eigenvalue weighted by molar-refractivity contribution is 4.76. The summed E-state index contributed by atoms with van der Waals surface area (Å²) in [6.45, 7) is 5.79. The number of hydrogen-bond acceptors (Lipinski definition) is 2. The summed E-state index contributed by atoms with van der Waals surface area (Å²) in [6.07, 6.45) is 3.88. The van der Waals surface area contributed by atoms with Crippen LogP contribution in [0.4, 0.5) is 0 Å². The van der Waals surface area contributed by atoms with Gasteiger partial charge >= 0.3 is 0 Å². The predicted molar refractivity (Wildman–Crippen MR) is 64.7 cm³/mol. The number of rotatable bonds is 7. The summed E-state index contributed by atoms with van der Waals surface area (Å²) in [6, 6.07) is 0.743. The van der Waals surface area contributed by atoms with Gasteiger partial charge in [-0.05, 0) is 40.5 Å². The van der Waals surface area contributed by atoms with Crippen LogP contribution in [0.1, 0.15) is 33.1 Å². The monoisotopic (exact) mass is 200 g/mol. The molecule has 0 fully saturated rings. The van der Waals surface area contributed by atoms with Crippen LogP contribution in [0.5, 0.6) is 0 Å². The van der Waals surface area contributed by atoms with E-state index in [1.165, 1.54) is 25.8 Å². The van der Waals surface area contributed by atoms with E-state index in [-0.39, 0.29) is 0 Å². The Labute approximate surface area is 90.3 Å². The third-order valence-corrected chi connectivity index (χ3v) is 2.92. The normalized spacial score (nSPS) is 16.3. The van der Waals surface area contributed by atoms with Gasteiger partial charge in [0.1, 0.15) is 0 Å². The molecule has 0 aliphatic heterocycles. The molecule has 0 heterocycles. The van der Waals surface area contributed by atoms with Gasteiger partial charge in [0, 0.05) is 12.6 Å². The predicted octanol–water partition coefficient (Wildman–Crippen LogP) is 2.30. The molecule has 0 aromatic heterocycles. The second-order valence-electron chi connectivity index (χ2n) is 4.75. The topological polar surface area (TPSA) is 6.48 Å². The van der Waals surface area contributed by atoms with E-state index in [1.54, 1.807) is 0 Å². The summed E-state index contributed by atoms with van der Waals surface area (Å²) in [5.41, 5.74) is 0. The molecule has 0 unspecified atom stereocenters. The van der Waals surface area contributed by atoms with E-state index in [1.807, 2.05) is 0 Å². The first kappa shape index (κ1) is 13.9. The Morgan fingerprint density at radius 3 is 1.86 bits per heavy atom. The zero-order chi connectivity index (χ0) is 11.1. The van der Waals surface area contributed by atoms with Gasteiger partial charge in [-0.1, -0.05) is 26.7 Å². The first-order valence-electron chi connectivity index (χ1n) is 5.84. The van der Waals surface area contributed by atoms with E-state index < -0.39 is 0 Å². The lowest BCUT2D eigenvalue weighted by atomic mass is 9.92. The summed E-state index contributed by atoms with van der Waals surface area (Å²) in [5.74, 6) is 0.806. The molecule has 0 aromatic carbocycles. The van der Waals surface area contributed by atoms with Crippen LogP contribution in [0.25, 0.3) is 0 Å². The summed E-state index contributed by atoms with van der Waals surface area (Å²) in [5, 5.41) is 0. The summed E-state index contributed by atoms with van der Waals surface area (Å²) in [7, 11) is 8.75. The van der Waals surface area contributed by atoms with E-state index in [4.69, 9.17) is 0 Å². The molecule has 0 radical (unpaired) electrons. The first-order valence-corrected chi connectivity index (χ1v) is 5.84. The Morgan fingerprint density at radius 2 is 1.57 bits per heavy atom. The van der Waals surface area contributed by atoms with Crippen molar-refractivity contribution >= 4 is 0 Å². The minimum absolute atomic E-state index is 0.743. The maximum absolute atomic E-state index is 2.39. The van der Waals surface area contributed by atoms with Crippen LogP contribution in [0.3, 0.4) is 0 Å². The van der Waals surface area contributed by atoms with Gasteiger partial charge in [0.15, 0.2) is 0 Å². The highest BCUT2D eigenvalue weighted by Crippen LogP contribution is 2.18. The van der Waals surface area contributed by atoms with Gasteiger partial charge in [0.05, 0.1) is 0 Å². The van der Waals surface area contributed by atoms with Gasteiger partial charge in [0.2, 0.25) is 0 Å². The quantitative estimate of drug-likeness (QED) is 0.622. The molecule has 0 N–H and O–H groups in total. The lowest BCUT2D eigenvalue weighted by molar-refractivity contribution is 0.160.